The van der Waals surface area contributed by atoms with Gasteiger partial charge in [0, 0.05) is 62.0 Å². The van der Waals surface area contributed by atoms with E-state index in [9.17, 15) is 22.8 Å². The normalized spacial score (nSPS) is 23.5. The first kappa shape index (κ1) is 36.0. The van der Waals surface area contributed by atoms with Gasteiger partial charge in [0.2, 0.25) is 0 Å². The van der Waals surface area contributed by atoms with Crippen LogP contribution in [0.2, 0.25) is 0 Å². The molecule has 284 valence electrons. The molecular formula is C38H46FN5O8S. The number of halogens is 1. The van der Waals surface area contributed by atoms with E-state index >= 15 is 4.39 Å². The van der Waals surface area contributed by atoms with E-state index in [1.165, 1.54) is 15.3 Å². The lowest BCUT2D eigenvalue weighted by Crippen LogP contribution is -2.53. The number of rotatable bonds is 9. The Morgan fingerprint density at radius 1 is 0.981 bits per heavy atom. The summed E-state index contributed by atoms with van der Waals surface area (Å²) in [6.45, 7) is 7.18. The van der Waals surface area contributed by atoms with E-state index in [2.05, 4.69) is 27.6 Å². The molecule has 5 aliphatic rings. The number of hydrogen-bond donors (Lipinski definition) is 1. The number of benzene rings is 2. The monoisotopic (exact) mass is 751 g/mol. The highest BCUT2D eigenvalue weighted by Gasteiger charge is 2.47. The molecule has 4 aliphatic heterocycles. The van der Waals surface area contributed by atoms with Gasteiger partial charge < -0.3 is 23.7 Å². The third-order valence-corrected chi connectivity index (χ3v) is 13.4. The zero-order chi connectivity index (χ0) is 37.3. The SMILES string of the molecule is COC[C@H]1CN(c2cc(C)c3c4c(c(=O)oc3c2C)CN(C(=O)c2cc(OC3CC3)c(C(=O)NS(=O)(=O)N3C5CCC3CC5)cc2F)CC4)CCN1C. The predicted molar refractivity (Wildman–Crippen MR) is 195 cm³/mol. The number of nitrogens with zero attached hydrogens (tertiary/aromatic N) is 4. The maximum Gasteiger partial charge on any atom is 0.341 e. The number of hydrogen-bond acceptors (Lipinski definition) is 10. The van der Waals surface area contributed by atoms with Gasteiger partial charge in [-0.25, -0.2) is 13.9 Å². The minimum absolute atomic E-state index is 0.0620. The van der Waals surface area contributed by atoms with Crippen molar-refractivity contribution in [3.05, 3.63) is 67.8 Å². The maximum atomic E-state index is 15.8. The summed E-state index contributed by atoms with van der Waals surface area (Å²) in [5, 5.41) is 0.856. The molecule has 15 heteroatoms. The van der Waals surface area contributed by atoms with Gasteiger partial charge in [0.15, 0.2) is 0 Å². The Morgan fingerprint density at radius 2 is 1.70 bits per heavy atom. The minimum atomic E-state index is -4.16. The molecule has 1 N–H and O–H groups in total. The maximum absolute atomic E-state index is 15.8. The highest BCUT2D eigenvalue weighted by atomic mass is 32.2. The highest BCUT2D eigenvalue weighted by Crippen LogP contribution is 2.40. The van der Waals surface area contributed by atoms with Gasteiger partial charge in [-0.2, -0.15) is 12.7 Å². The summed E-state index contributed by atoms with van der Waals surface area (Å²) < 4.78 is 63.2. The Bertz CT molecular complexity index is 2150. The van der Waals surface area contributed by atoms with Gasteiger partial charge in [-0.15, -0.1) is 0 Å². The second-order valence-electron chi connectivity index (χ2n) is 15.3. The standard InChI is InChI=1S/C38H46FN5O8S/c1-21-15-32(42-14-13-41(3)25(18-42)20-50-4)22(2)35-34(21)27-11-12-43(19-30(27)38(47)52-35)37(46)28-17-33(51-26-9-10-26)29(16-31(28)39)36(45)40-53(48,49)44-23-5-6-24(44)8-7-23/h15-17,23-26H,5-14,18-20H2,1-4H3,(H,40,45)/t23?,24?,25-/m1/s1. The molecule has 0 unspecified atom stereocenters. The molecule has 4 fully saturated rings. The number of nitrogens with one attached hydrogen (secondary N) is 1. The molecule has 1 aromatic heterocycles. The Balaban J connectivity index is 1.06. The van der Waals surface area contributed by atoms with Gasteiger partial charge in [-0.3, -0.25) is 14.5 Å². The van der Waals surface area contributed by atoms with Crippen molar-refractivity contribution in [2.75, 3.05) is 51.8 Å². The summed E-state index contributed by atoms with van der Waals surface area (Å²) in [4.78, 5) is 46.9. The Kier molecular flexibility index (Phi) is 9.27. The smallest absolute Gasteiger partial charge is 0.341 e. The van der Waals surface area contributed by atoms with Crippen molar-refractivity contribution in [2.45, 2.75) is 89.6 Å². The number of fused-ring (bicyclic) bond motifs is 5. The molecule has 1 saturated carbocycles. The van der Waals surface area contributed by atoms with Crippen molar-refractivity contribution in [1.29, 1.82) is 0 Å². The van der Waals surface area contributed by atoms with Crippen molar-refractivity contribution in [3.8, 4) is 5.75 Å². The summed E-state index contributed by atoms with van der Waals surface area (Å²) in [6.07, 6.45) is 4.54. The van der Waals surface area contributed by atoms with Crippen LogP contribution in [-0.4, -0.2) is 106 Å². The lowest BCUT2D eigenvalue weighted by Gasteiger charge is -2.41. The van der Waals surface area contributed by atoms with Crippen LogP contribution in [0.4, 0.5) is 10.1 Å². The van der Waals surface area contributed by atoms with Crippen LogP contribution in [0.3, 0.4) is 0 Å². The molecule has 53 heavy (non-hydrogen) atoms. The van der Waals surface area contributed by atoms with Crippen LogP contribution in [0.5, 0.6) is 5.75 Å². The molecule has 3 aromatic rings. The van der Waals surface area contributed by atoms with Gasteiger partial charge >= 0.3 is 15.8 Å². The second-order valence-corrected chi connectivity index (χ2v) is 16.9. The van der Waals surface area contributed by atoms with Gasteiger partial charge in [0.25, 0.3) is 11.8 Å². The number of methoxy groups -OCH3 is 1. The number of carbonyl (C=O) groups excluding carboxylic acids is 2. The van der Waals surface area contributed by atoms with Crippen LogP contribution in [0.1, 0.15) is 81.5 Å². The zero-order valence-corrected chi connectivity index (χ0v) is 31.4. The lowest BCUT2D eigenvalue weighted by atomic mass is 9.92. The number of likely N-dealkylation sites (N-methyl/N-ethyl adjacent to an activating group) is 1. The van der Waals surface area contributed by atoms with Crippen LogP contribution < -0.4 is 20.0 Å². The second kappa shape index (κ2) is 13.7. The lowest BCUT2D eigenvalue weighted by molar-refractivity contribution is 0.0726. The molecule has 2 amide bonds. The first-order valence-corrected chi connectivity index (χ1v) is 20.0. The molecule has 1 aliphatic carbocycles. The number of anilines is 1. The van der Waals surface area contributed by atoms with E-state index < -0.39 is 33.5 Å². The highest BCUT2D eigenvalue weighted by molar-refractivity contribution is 7.87. The van der Waals surface area contributed by atoms with Crippen molar-refractivity contribution in [2.24, 2.45) is 0 Å². The molecular weight excluding hydrogens is 706 g/mol. The molecule has 8 rings (SSSR count). The first-order valence-electron chi connectivity index (χ1n) is 18.5. The Labute approximate surface area is 308 Å². The van der Waals surface area contributed by atoms with Gasteiger partial charge in [-0.1, -0.05) is 0 Å². The largest absolute Gasteiger partial charge is 0.490 e. The minimum Gasteiger partial charge on any atom is -0.490 e. The fourth-order valence-electron chi connectivity index (χ4n) is 8.80. The van der Waals surface area contributed by atoms with E-state index in [1.54, 1.807) is 7.11 Å². The summed E-state index contributed by atoms with van der Waals surface area (Å²) >= 11 is 0. The molecule has 2 bridgehead atoms. The summed E-state index contributed by atoms with van der Waals surface area (Å²) in [7, 11) is -0.370. The molecule has 5 heterocycles. The van der Waals surface area contributed by atoms with Crippen LogP contribution in [0.15, 0.2) is 27.4 Å². The van der Waals surface area contributed by atoms with Crippen LogP contribution in [0, 0.1) is 19.7 Å². The van der Waals surface area contributed by atoms with Gasteiger partial charge in [0.1, 0.15) is 17.1 Å². The molecule has 0 radical (unpaired) electrons. The molecule has 0 spiro atoms. The van der Waals surface area contributed by atoms with E-state index in [0.29, 0.717) is 37.0 Å². The molecule has 2 aromatic carbocycles. The fraction of sp³-hybridized carbons (Fsp3) is 0.553. The summed E-state index contributed by atoms with van der Waals surface area (Å²) in [5.74, 6) is -2.75. The molecule has 13 nitrogen and oxygen atoms in total. The van der Waals surface area contributed by atoms with E-state index in [-0.39, 0.29) is 54.2 Å². The van der Waals surface area contributed by atoms with E-state index in [4.69, 9.17) is 13.9 Å². The van der Waals surface area contributed by atoms with Crippen molar-refractivity contribution in [3.63, 3.8) is 0 Å². The van der Waals surface area contributed by atoms with E-state index in [0.717, 1.165) is 79.1 Å². The third-order valence-electron chi connectivity index (χ3n) is 11.8. The third kappa shape index (κ3) is 6.48. The van der Waals surface area contributed by atoms with Crippen LogP contribution in [0.25, 0.3) is 11.0 Å². The predicted octanol–water partition coefficient (Wildman–Crippen LogP) is 3.66. The fourth-order valence-corrected chi connectivity index (χ4v) is 10.5. The number of piperazine rings is 1. The summed E-state index contributed by atoms with van der Waals surface area (Å²) in [6, 6.07) is 4.11. The molecule has 3 saturated heterocycles. The van der Waals surface area contributed by atoms with Crippen molar-refractivity contribution >= 4 is 38.7 Å². The van der Waals surface area contributed by atoms with Crippen molar-refractivity contribution < 1.29 is 36.3 Å². The first-order chi connectivity index (χ1) is 25.3. The van der Waals surface area contributed by atoms with Gasteiger partial charge in [0.05, 0.1) is 42.0 Å². The van der Waals surface area contributed by atoms with Crippen molar-refractivity contribution in [1.82, 2.24) is 18.8 Å². The Morgan fingerprint density at radius 3 is 2.38 bits per heavy atom. The molecule has 1 atom stereocenters. The van der Waals surface area contributed by atoms with Gasteiger partial charge in [-0.05, 0) is 95.2 Å². The number of aryl methyl sites for hydroxylation is 2. The topological polar surface area (TPSA) is 142 Å². The quantitative estimate of drug-likeness (QED) is 0.322. The number of ether oxygens (including phenoxy) is 2. The van der Waals surface area contributed by atoms with E-state index in [1.807, 2.05) is 13.8 Å². The van der Waals surface area contributed by atoms with Crippen LogP contribution >= 0.6 is 0 Å². The average molecular weight is 752 g/mol. The Hall–Kier alpha value is -4.05. The number of carbonyl (C=O) groups is 2. The average Bonchev–Trinajstić information content (AvgIpc) is 3.71. The zero-order valence-electron chi connectivity index (χ0n) is 30.6. The number of amides is 2. The summed E-state index contributed by atoms with van der Waals surface area (Å²) in [5.41, 5.74) is 3.38. The van der Waals surface area contributed by atoms with Crippen LogP contribution in [-0.2, 0) is 27.9 Å².